The third-order valence-electron chi connectivity index (χ3n) is 4.11. The van der Waals surface area contributed by atoms with Crippen LogP contribution < -0.4 is 0 Å². The average Bonchev–Trinajstić information content (AvgIpc) is 2.80. The predicted octanol–water partition coefficient (Wildman–Crippen LogP) is 1.11. The lowest BCUT2D eigenvalue weighted by atomic mass is 9.91. The van der Waals surface area contributed by atoms with Crippen LogP contribution in [-0.2, 0) is 36.4 Å². The van der Waals surface area contributed by atoms with Gasteiger partial charge in [0.1, 0.15) is 6.10 Å². The Morgan fingerprint density at radius 1 is 1.41 bits per heavy atom. The normalized spacial score (nSPS) is 29.1. The van der Waals surface area contributed by atoms with Crippen molar-refractivity contribution in [3.05, 3.63) is 34.9 Å². The van der Waals surface area contributed by atoms with Crippen LogP contribution in [0.15, 0.2) is 23.2 Å². The molecule has 0 aromatic heterocycles. The van der Waals surface area contributed by atoms with E-state index in [-0.39, 0.29) is 6.54 Å². The summed E-state index contributed by atoms with van der Waals surface area (Å²) < 4.78 is 38.5. The first kappa shape index (κ1) is 14.1. The quantitative estimate of drug-likeness (QED) is 0.811. The summed E-state index contributed by atoms with van der Waals surface area (Å²) in [7, 11) is -4.02. The zero-order valence-electron chi connectivity index (χ0n) is 12.1. The van der Waals surface area contributed by atoms with Gasteiger partial charge in [0.25, 0.3) is 0 Å². The van der Waals surface area contributed by atoms with E-state index in [0.717, 1.165) is 18.4 Å². The van der Waals surface area contributed by atoms with Crippen molar-refractivity contribution in [1.29, 1.82) is 0 Å². The van der Waals surface area contributed by atoms with E-state index in [2.05, 4.69) is 18.0 Å². The maximum absolute atomic E-state index is 11.5. The number of nitrogens with zero attached hydrogens (tertiary/aromatic N) is 2. The number of hydrogen-bond donors (Lipinski definition) is 0. The van der Waals surface area contributed by atoms with Gasteiger partial charge in [0.15, 0.2) is 12.1 Å². The molecule has 0 saturated carbocycles. The highest BCUT2D eigenvalue weighted by molar-refractivity contribution is 7.81. The maximum Gasteiger partial charge on any atom is 0.423 e. The van der Waals surface area contributed by atoms with Crippen LogP contribution in [0.3, 0.4) is 0 Å². The number of hydroxylamine groups is 2. The smallest absolute Gasteiger partial charge is 0.365 e. The van der Waals surface area contributed by atoms with Gasteiger partial charge < -0.3 is 4.74 Å². The standard InChI is InChI=1S/C14H16N2O5S/c1-2-9-4-3-5-11-10(9)6-7-19-13(11)14-15-12-8-16(14)21-22(17,18)20-12/h3-5,12-13H,2,6-8H2,1H3. The Balaban J connectivity index is 1.73. The second-order valence-electron chi connectivity index (χ2n) is 5.42. The lowest BCUT2D eigenvalue weighted by molar-refractivity contribution is -0.0520. The monoisotopic (exact) mass is 324 g/mol. The molecule has 3 aliphatic rings. The summed E-state index contributed by atoms with van der Waals surface area (Å²) in [6.07, 6.45) is 0.625. The van der Waals surface area contributed by atoms with Crippen LogP contribution in [0.25, 0.3) is 0 Å². The first-order chi connectivity index (χ1) is 10.6. The van der Waals surface area contributed by atoms with E-state index in [1.807, 2.05) is 12.1 Å². The second kappa shape index (κ2) is 5.02. The molecule has 22 heavy (non-hydrogen) atoms. The molecule has 2 bridgehead atoms. The minimum atomic E-state index is -4.02. The van der Waals surface area contributed by atoms with Crippen LogP contribution in [0.4, 0.5) is 0 Å². The molecule has 4 rings (SSSR count). The van der Waals surface area contributed by atoms with Crippen molar-refractivity contribution in [3.8, 4) is 0 Å². The molecule has 0 radical (unpaired) electrons. The van der Waals surface area contributed by atoms with E-state index in [9.17, 15) is 8.42 Å². The van der Waals surface area contributed by atoms with Gasteiger partial charge in [-0.1, -0.05) is 25.1 Å². The fraction of sp³-hybridized carbons (Fsp3) is 0.500. The number of benzene rings is 1. The summed E-state index contributed by atoms with van der Waals surface area (Å²) in [5, 5.41) is 1.27. The van der Waals surface area contributed by atoms with Crippen LogP contribution >= 0.6 is 0 Å². The van der Waals surface area contributed by atoms with Crippen molar-refractivity contribution in [3.63, 3.8) is 0 Å². The third-order valence-corrected chi connectivity index (χ3v) is 4.93. The van der Waals surface area contributed by atoms with Gasteiger partial charge >= 0.3 is 10.4 Å². The second-order valence-corrected chi connectivity index (χ2v) is 6.58. The molecular weight excluding hydrogens is 308 g/mol. The van der Waals surface area contributed by atoms with Crippen LogP contribution in [0.2, 0.25) is 0 Å². The molecule has 1 aromatic rings. The molecule has 1 fully saturated rings. The largest absolute Gasteiger partial charge is 0.423 e. The van der Waals surface area contributed by atoms with Gasteiger partial charge in [0.05, 0.1) is 13.2 Å². The molecule has 0 N–H and O–H groups in total. The number of aliphatic imine (C=N–C) groups is 1. The van der Waals surface area contributed by atoms with Crippen molar-refractivity contribution >= 4 is 16.2 Å². The molecule has 0 aliphatic carbocycles. The topological polar surface area (TPSA) is 77.4 Å². The van der Waals surface area contributed by atoms with Gasteiger partial charge in [0, 0.05) is 0 Å². The first-order valence-corrected chi connectivity index (χ1v) is 8.61. The van der Waals surface area contributed by atoms with E-state index >= 15 is 0 Å². The Labute approximate surface area is 128 Å². The maximum atomic E-state index is 11.5. The number of aryl methyl sites for hydroxylation is 1. The summed E-state index contributed by atoms with van der Waals surface area (Å²) in [4.78, 5) is 4.31. The van der Waals surface area contributed by atoms with Crippen molar-refractivity contribution in [1.82, 2.24) is 5.06 Å². The fourth-order valence-corrected chi connectivity index (χ4v) is 3.96. The van der Waals surface area contributed by atoms with Gasteiger partial charge in [-0.15, -0.1) is 4.28 Å². The number of ether oxygens (including phenoxy) is 1. The van der Waals surface area contributed by atoms with E-state index < -0.39 is 22.7 Å². The van der Waals surface area contributed by atoms with Crippen LogP contribution in [0.5, 0.6) is 0 Å². The summed E-state index contributed by atoms with van der Waals surface area (Å²) in [6, 6.07) is 6.10. The zero-order valence-corrected chi connectivity index (χ0v) is 12.9. The molecule has 3 heterocycles. The molecule has 2 unspecified atom stereocenters. The van der Waals surface area contributed by atoms with Crippen LogP contribution in [-0.4, -0.2) is 38.7 Å². The number of fused-ring (bicyclic) bond motifs is 3. The highest BCUT2D eigenvalue weighted by Crippen LogP contribution is 2.35. The Morgan fingerprint density at radius 3 is 3.09 bits per heavy atom. The summed E-state index contributed by atoms with van der Waals surface area (Å²) in [5.41, 5.74) is 3.57. The number of amidine groups is 1. The van der Waals surface area contributed by atoms with E-state index in [4.69, 9.17) is 13.2 Å². The van der Waals surface area contributed by atoms with Gasteiger partial charge in [-0.3, -0.25) is 0 Å². The van der Waals surface area contributed by atoms with Gasteiger partial charge in [0.2, 0.25) is 0 Å². The highest BCUT2D eigenvalue weighted by atomic mass is 32.3. The number of hydrogen-bond acceptors (Lipinski definition) is 7. The molecule has 1 aromatic carbocycles. The average molecular weight is 324 g/mol. The fourth-order valence-electron chi connectivity index (χ4n) is 3.19. The van der Waals surface area contributed by atoms with Crippen molar-refractivity contribution in [2.75, 3.05) is 13.2 Å². The Kier molecular flexibility index (Phi) is 3.23. The summed E-state index contributed by atoms with van der Waals surface area (Å²) in [5.74, 6) is 0.459. The van der Waals surface area contributed by atoms with Gasteiger partial charge in [-0.05, 0) is 29.5 Å². The minimum Gasteiger partial charge on any atom is -0.365 e. The van der Waals surface area contributed by atoms with Crippen LogP contribution in [0.1, 0.15) is 29.7 Å². The lowest BCUT2D eigenvalue weighted by Gasteiger charge is -2.31. The molecule has 0 spiro atoms. The Morgan fingerprint density at radius 2 is 2.27 bits per heavy atom. The molecular formula is C14H16N2O5S. The van der Waals surface area contributed by atoms with Crippen molar-refractivity contribution in [2.24, 2.45) is 4.99 Å². The van der Waals surface area contributed by atoms with Crippen LogP contribution in [0, 0.1) is 0 Å². The lowest BCUT2D eigenvalue weighted by Crippen LogP contribution is -2.41. The predicted molar refractivity (Wildman–Crippen MR) is 77.2 cm³/mol. The molecule has 8 heteroatoms. The minimum absolute atomic E-state index is 0.261. The molecule has 1 saturated heterocycles. The highest BCUT2D eigenvalue weighted by Gasteiger charge is 2.44. The molecule has 3 aliphatic heterocycles. The van der Waals surface area contributed by atoms with Gasteiger partial charge in [-0.25, -0.2) is 14.2 Å². The molecule has 0 amide bonds. The molecule has 7 nitrogen and oxygen atoms in total. The zero-order chi connectivity index (χ0) is 15.3. The third kappa shape index (κ3) is 2.23. The van der Waals surface area contributed by atoms with E-state index in [1.165, 1.54) is 16.2 Å². The van der Waals surface area contributed by atoms with E-state index in [0.29, 0.717) is 12.4 Å². The number of rotatable bonds is 2. The summed E-state index contributed by atoms with van der Waals surface area (Å²) >= 11 is 0. The molecule has 118 valence electrons. The van der Waals surface area contributed by atoms with Crippen molar-refractivity contribution < 1.29 is 21.6 Å². The SMILES string of the molecule is CCc1cccc2c1CCOC2C1=NC2CN1OS(=O)(=O)O2. The Bertz CT molecular complexity index is 746. The Hall–Kier alpha value is -1.48. The van der Waals surface area contributed by atoms with Gasteiger partial charge in [-0.2, -0.15) is 8.42 Å². The summed E-state index contributed by atoms with van der Waals surface area (Å²) in [6.45, 7) is 2.95. The molecule has 2 atom stereocenters. The van der Waals surface area contributed by atoms with Crippen molar-refractivity contribution in [2.45, 2.75) is 32.1 Å². The first-order valence-electron chi connectivity index (χ1n) is 7.27. The van der Waals surface area contributed by atoms with E-state index in [1.54, 1.807) is 0 Å².